The fourth-order valence-corrected chi connectivity index (χ4v) is 1.90. The fraction of sp³-hybridized carbons (Fsp3) is 0.500. The van der Waals surface area contributed by atoms with E-state index in [4.69, 9.17) is 5.73 Å². The van der Waals surface area contributed by atoms with Crippen LogP contribution in [-0.2, 0) is 10.2 Å². The molecule has 90 valence electrons. The molecule has 16 heavy (non-hydrogen) atoms. The first kappa shape index (κ1) is 12.8. The number of nitrogens with one attached hydrogen (secondary N) is 1. The predicted molar refractivity (Wildman–Crippen MR) is 60.9 cm³/mol. The van der Waals surface area contributed by atoms with Gasteiger partial charge in [-0.2, -0.15) is 17.8 Å². The number of nitrogens with zero attached hydrogens (tertiary/aromatic N) is 3. The van der Waals surface area contributed by atoms with Crippen LogP contribution < -0.4 is 10.5 Å². The van der Waals surface area contributed by atoms with E-state index in [1.54, 1.807) is 6.07 Å². The van der Waals surface area contributed by atoms with Crippen LogP contribution in [0, 0.1) is 0 Å². The van der Waals surface area contributed by atoms with Crippen molar-refractivity contribution in [3.8, 4) is 0 Å². The van der Waals surface area contributed by atoms with E-state index in [1.165, 1.54) is 23.6 Å². The molecule has 3 N–H and O–H groups in total. The van der Waals surface area contributed by atoms with Crippen molar-refractivity contribution in [2.24, 2.45) is 5.73 Å². The molecule has 0 fully saturated rings. The number of aromatic nitrogens is 2. The van der Waals surface area contributed by atoms with Gasteiger partial charge in [-0.05, 0) is 25.1 Å². The summed E-state index contributed by atoms with van der Waals surface area (Å²) in [7, 11) is -2.08. The molecule has 0 aliphatic heterocycles. The van der Waals surface area contributed by atoms with Crippen molar-refractivity contribution in [3.63, 3.8) is 0 Å². The van der Waals surface area contributed by atoms with Crippen LogP contribution >= 0.6 is 0 Å². The predicted octanol–water partition coefficient (Wildman–Crippen LogP) is -0.586. The minimum Gasteiger partial charge on any atom is -0.330 e. The second-order valence-corrected chi connectivity index (χ2v) is 4.96. The summed E-state index contributed by atoms with van der Waals surface area (Å²) in [5.74, 6) is 0.196. The van der Waals surface area contributed by atoms with Crippen molar-refractivity contribution < 1.29 is 8.42 Å². The standard InChI is InChI=1S/C8H15N5O2S/c1-13(7-3-5-9)16(14,15)12-8-4-2-6-10-11-8/h2,4,6H,3,5,7,9H2,1H3,(H,11,12). The van der Waals surface area contributed by atoms with Crippen LogP contribution in [0.1, 0.15) is 6.42 Å². The highest BCUT2D eigenvalue weighted by molar-refractivity contribution is 7.90. The summed E-state index contributed by atoms with van der Waals surface area (Å²) in [5, 5.41) is 7.21. The molecule has 1 aromatic heterocycles. The van der Waals surface area contributed by atoms with E-state index in [1.807, 2.05) is 0 Å². The zero-order chi connectivity index (χ0) is 12.0. The van der Waals surface area contributed by atoms with Gasteiger partial charge in [0.05, 0.1) is 0 Å². The lowest BCUT2D eigenvalue weighted by Crippen LogP contribution is -2.34. The lowest BCUT2D eigenvalue weighted by Gasteiger charge is -2.16. The quantitative estimate of drug-likeness (QED) is 0.698. The van der Waals surface area contributed by atoms with Crippen LogP contribution in [0.15, 0.2) is 18.3 Å². The smallest absolute Gasteiger partial charge is 0.302 e. The second-order valence-electron chi connectivity index (χ2n) is 3.18. The highest BCUT2D eigenvalue weighted by Gasteiger charge is 2.17. The summed E-state index contributed by atoms with van der Waals surface area (Å²) in [6.07, 6.45) is 2.08. The van der Waals surface area contributed by atoms with E-state index in [0.29, 0.717) is 19.5 Å². The molecule has 0 saturated heterocycles. The number of hydrogen-bond acceptors (Lipinski definition) is 5. The number of anilines is 1. The normalized spacial score (nSPS) is 11.7. The van der Waals surface area contributed by atoms with Crippen molar-refractivity contribution in [3.05, 3.63) is 18.3 Å². The maximum Gasteiger partial charge on any atom is 0.302 e. The van der Waals surface area contributed by atoms with Crippen LogP contribution in [0.4, 0.5) is 5.82 Å². The molecule has 0 spiro atoms. The summed E-state index contributed by atoms with van der Waals surface area (Å²) in [6, 6.07) is 3.13. The topological polar surface area (TPSA) is 101 Å². The van der Waals surface area contributed by atoms with Gasteiger partial charge in [-0.1, -0.05) is 0 Å². The lowest BCUT2D eigenvalue weighted by molar-refractivity contribution is 0.468. The number of nitrogens with two attached hydrogens (primary N) is 1. The molecule has 0 atom stereocenters. The number of rotatable bonds is 6. The van der Waals surface area contributed by atoms with Crippen molar-refractivity contribution >= 4 is 16.0 Å². The third-order valence-electron chi connectivity index (χ3n) is 1.89. The van der Waals surface area contributed by atoms with Gasteiger partial charge in [-0.15, -0.1) is 5.10 Å². The molecule has 0 aromatic carbocycles. The van der Waals surface area contributed by atoms with Crippen LogP contribution in [0.2, 0.25) is 0 Å². The summed E-state index contributed by atoms with van der Waals surface area (Å²) >= 11 is 0. The summed E-state index contributed by atoms with van der Waals surface area (Å²) < 4.78 is 26.9. The highest BCUT2D eigenvalue weighted by atomic mass is 32.2. The molecule has 1 rings (SSSR count). The first-order valence-corrected chi connectivity index (χ1v) is 6.22. The SMILES string of the molecule is CN(CCCN)S(=O)(=O)Nc1cccnn1. The zero-order valence-electron chi connectivity index (χ0n) is 9.00. The van der Waals surface area contributed by atoms with E-state index in [-0.39, 0.29) is 5.82 Å². The summed E-state index contributed by atoms with van der Waals surface area (Å²) in [6.45, 7) is 0.817. The molecule has 1 aromatic rings. The Labute approximate surface area is 94.8 Å². The molecule has 0 saturated carbocycles. The molecule has 0 radical (unpaired) electrons. The molecule has 8 heteroatoms. The van der Waals surface area contributed by atoms with Gasteiger partial charge in [0.25, 0.3) is 0 Å². The third-order valence-corrected chi connectivity index (χ3v) is 3.36. The van der Waals surface area contributed by atoms with E-state index in [9.17, 15) is 8.42 Å². The van der Waals surface area contributed by atoms with Crippen molar-refractivity contribution in [1.82, 2.24) is 14.5 Å². The Morgan fingerprint density at radius 1 is 1.56 bits per heavy atom. The molecular weight excluding hydrogens is 230 g/mol. The molecule has 1 heterocycles. The van der Waals surface area contributed by atoms with Crippen LogP contribution in [0.5, 0.6) is 0 Å². The minimum absolute atomic E-state index is 0.196. The van der Waals surface area contributed by atoms with Gasteiger partial charge >= 0.3 is 10.2 Å². The summed E-state index contributed by atoms with van der Waals surface area (Å²) in [4.78, 5) is 0. The van der Waals surface area contributed by atoms with Gasteiger partial charge in [-0.3, -0.25) is 4.72 Å². The zero-order valence-corrected chi connectivity index (χ0v) is 9.81. The van der Waals surface area contributed by atoms with Gasteiger partial charge in [0.2, 0.25) is 0 Å². The Hall–Kier alpha value is -1.25. The Kier molecular flexibility index (Phi) is 4.59. The van der Waals surface area contributed by atoms with E-state index >= 15 is 0 Å². The average Bonchev–Trinajstić information content (AvgIpc) is 2.26. The van der Waals surface area contributed by atoms with Crippen LogP contribution in [0.3, 0.4) is 0 Å². The minimum atomic E-state index is -3.56. The van der Waals surface area contributed by atoms with Crippen LogP contribution in [-0.4, -0.2) is 43.1 Å². The monoisotopic (exact) mass is 245 g/mol. The summed E-state index contributed by atoms with van der Waals surface area (Å²) in [5.41, 5.74) is 5.31. The molecule has 0 unspecified atom stereocenters. The second kappa shape index (κ2) is 5.73. The van der Waals surface area contributed by atoms with Gasteiger partial charge < -0.3 is 5.73 Å². The highest BCUT2D eigenvalue weighted by Crippen LogP contribution is 2.05. The first-order valence-electron chi connectivity index (χ1n) is 4.78. The molecule has 0 aliphatic carbocycles. The third kappa shape index (κ3) is 3.72. The van der Waals surface area contributed by atoms with E-state index in [2.05, 4.69) is 14.9 Å². The van der Waals surface area contributed by atoms with Gasteiger partial charge in [0, 0.05) is 19.8 Å². The van der Waals surface area contributed by atoms with Gasteiger partial charge in [0.1, 0.15) is 0 Å². The molecule has 0 aliphatic rings. The molecule has 0 bridgehead atoms. The Morgan fingerprint density at radius 3 is 2.88 bits per heavy atom. The van der Waals surface area contributed by atoms with Crippen molar-refractivity contribution in [2.45, 2.75) is 6.42 Å². The van der Waals surface area contributed by atoms with Gasteiger partial charge in [0.15, 0.2) is 5.82 Å². The first-order chi connectivity index (χ1) is 7.56. The molecular formula is C8H15N5O2S. The Morgan fingerprint density at radius 2 is 2.31 bits per heavy atom. The van der Waals surface area contributed by atoms with E-state index < -0.39 is 10.2 Å². The van der Waals surface area contributed by atoms with E-state index in [0.717, 1.165) is 0 Å². The Balaban J connectivity index is 2.65. The molecule has 0 amide bonds. The maximum atomic E-state index is 11.7. The largest absolute Gasteiger partial charge is 0.330 e. The fourth-order valence-electron chi connectivity index (χ4n) is 1.00. The average molecular weight is 245 g/mol. The van der Waals surface area contributed by atoms with Crippen molar-refractivity contribution in [1.29, 1.82) is 0 Å². The molecule has 7 nitrogen and oxygen atoms in total. The lowest BCUT2D eigenvalue weighted by atomic mass is 10.4. The van der Waals surface area contributed by atoms with Gasteiger partial charge in [-0.25, -0.2) is 0 Å². The Bertz CT molecular complexity index is 408. The van der Waals surface area contributed by atoms with Crippen LogP contribution in [0.25, 0.3) is 0 Å². The number of hydrogen-bond donors (Lipinski definition) is 2. The van der Waals surface area contributed by atoms with Crippen molar-refractivity contribution in [2.75, 3.05) is 24.9 Å². The maximum absolute atomic E-state index is 11.7.